The first kappa shape index (κ1) is 13.9. The fourth-order valence-corrected chi connectivity index (χ4v) is 2.34. The van der Waals surface area contributed by atoms with E-state index < -0.39 is 12.1 Å². The number of primary amides is 1. The fraction of sp³-hybridized carbons (Fsp3) is 0.818. The maximum Gasteiger partial charge on any atom is 0.318 e. The molecule has 0 aromatic heterocycles. The summed E-state index contributed by atoms with van der Waals surface area (Å²) >= 11 is 0. The van der Waals surface area contributed by atoms with Crippen molar-refractivity contribution in [2.45, 2.75) is 50.7 Å². The average Bonchev–Trinajstić information content (AvgIpc) is 2.27. The Morgan fingerprint density at radius 1 is 1.35 bits per heavy atom. The van der Waals surface area contributed by atoms with Crippen LogP contribution in [-0.2, 0) is 4.79 Å². The van der Waals surface area contributed by atoms with Crippen molar-refractivity contribution in [3.05, 3.63) is 0 Å². The van der Waals surface area contributed by atoms with Crippen LogP contribution in [0.1, 0.15) is 32.6 Å². The summed E-state index contributed by atoms with van der Waals surface area (Å²) in [6.07, 6.45) is 4.26. The second-order valence-corrected chi connectivity index (χ2v) is 4.71. The van der Waals surface area contributed by atoms with E-state index in [2.05, 4.69) is 5.32 Å². The Bertz CT molecular complexity index is 295. The monoisotopic (exact) mass is 242 g/mol. The SMILES string of the molecule is CC(C(=O)NC(N)=O)N(C)C1CCCCC1N. The number of nitrogens with zero attached hydrogens (tertiary/aromatic N) is 1. The number of likely N-dealkylation sites (N-methyl/N-ethyl adjacent to an activating group) is 1. The lowest BCUT2D eigenvalue weighted by atomic mass is 9.89. The Kier molecular flexibility index (Phi) is 4.89. The molecule has 98 valence electrons. The lowest BCUT2D eigenvalue weighted by Crippen LogP contribution is -2.55. The lowest BCUT2D eigenvalue weighted by molar-refractivity contribution is -0.125. The molecule has 3 amide bonds. The molecule has 0 radical (unpaired) electrons. The molecule has 1 aliphatic rings. The summed E-state index contributed by atoms with van der Waals surface area (Å²) in [5, 5.41) is 2.09. The van der Waals surface area contributed by atoms with E-state index in [0.717, 1.165) is 25.7 Å². The topological polar surface area (TPSA) is 101 Å². The number of rotatable bonds is 3. The molecule has 6 heteroatoms. The van der Waals surface area contributed by atoms with E-state index >= 15 is 0 Å². The highest BCUT2D eigenvalue weighted by atomic mass is 16.2. The fourth-order valence-electron chi connectivity index (χ4n) is 2.34. The number of carbonyl (C=O) groups is 2. The molecule has 0 aromatic rings. The van der Waals surface area contributed by atoms with Gasteiger partial charge in [0.05, 0.1) is 6.04 Å². The zero-order chi connectivity index (χ0) is 13.0. The minimum Gasteiger partial charge on any atom is -0.351 e. The molecular weight excluding hydrogens is 220 g/mol. The first-order chi connectivity index (χ1) is 7.93. The third kappa shape index (κ3) is 3.67. The van der Waals surface area contributed by atoms with Gasteiger partial charge in [-0.1, -0.05) is 12.8 Å². The summed E-state index contributed by atoms with van der Waals surface area (Å²) in [5.41, 5.74) is 11.0. The number of carbonyl (C=O) groups excluding carboxylic acids is 2. The van der Waals surface area contributed by atoms with Crippen molar-refractivity contribution >= 4 is 11.9 Å². The van der Waals surface area contributed by atoms with Crippen LogP contribution in [0.15, 0.2) is 0 Å². The normalized spacial score (nSPS) is 26.6. The Morgan fingerprint density at radius 2 is 1.94 bits per heavy atom. The second kappa shape index (κ2) is 5.97. The largest absolute Gasteiger partial charge is 0.351 e. The zero-order valence-corrected chi connectivity index (χ0v) is 10.5. The van der Waals surface area contributed by atoms with Crippen LogP contribution < -0.4 is 16.8 Å². The van der Waals surface area contributed by atoms with Gasteiger partial charge in [0.1, 0.15) is 0 Å². The van der Waals surface area contributed by atoms with E-state index in [0.29, 0.717) is 0 Å². The molecule has 1 rings (SSSR count). The Morgan fingerprint density at radius 3 is 2.47 bits per heavy atom. The van der Waals surface area contributed by atoms with Crippen LogP contribution in [0.5, 0.6) is 0 Å². The third-order valence-electron chi connectivity index (χ3n) is 3.54. The lowest BCUT2D eigenvalue weighted by Gasteiger charge is -2.38. The van der Waals surface area contributed by atoms with Gasteiger partial charge in [0.15, 0.2) is 0 Å². The van der Waals surface area contributed by atoms with Crippen molar-refractivity contribution in [3.8, 4) is 0 Å². The molecule has 5 N–H and O–H groups in total. The minimum absolute atomic E-state index is 0.0950. The predicted octanol–water partition coefficient (Wildman–Crippen LogP) is -0.228. The zero-order valence-electron chi connectivity index (χ0n) is 10.5. The summed E-state index contributed by atoms with van der Waals surface area (Å²) in [5.74, 6) is -0.377. The predicted molar refractivity (Wildman–Crippen MR) is 65.2 cm³/mol. The van der Waals surface area contributed by atoms with Gasteiger partial charge in [-0.2, -0.15) is 0 Å². The highest BCUT2D eigenvalue weighted by Crippen LogP contribution is 2.22. The summed E-state index contributed by atoms with van der Waals surface area (Å²) < 4.78 is 0. The van der Waals surface area contributed by atoms with Gasteiger partial charge in [-0.25, -0.2) is 4.79 Å². The Balaban J connectivity index is 2.58. The molecule has 6 nitrogen and oxygen atoms in total. The number of imide groups is 1. The van der Waals surface area contributed by atoms with Crippen LogP contribution in [0, 0.1) is 0 Å². The van der Waals surface area contributed by atoms with E-state index in [1.165, 1.54) is 0 Å². The third-order valence-corrected chi connectivity index (χ3v) is 3.54. The van der Waals surface area contributed by atoms with Gasteiger partial charge in [-0.05, 0) is 26.8 Å². The van der Waals surface area contributed by atoms with Crippen molar-refractivity contribution < 1.29 is 9.59 Å². The highest BCUT2D eigenvalue weighted by Gasteiger charge is 2.30. The summed E-state index contributed by atoms with van der Waals surface area (Å²) in [6.45, 7) is 1.75. The Labute approximate surface area is 102 Å². The van der Waals surface area contributed by atoms with Gasteiger partial charge in [0.2, 0.25) is 5.91 Å². The minimum atomic E-state index is -0.816. The van der Waals surface area contributed by atoms with Crippen LogP contribution in [0.25, 0.3) is 0 Å². The molecule has 0 saturated heterocycles. The molecule has 1 saturated carbocycles. The van der Waals surface area contributed by atoms with Gasteiger partial charge >= 0.3 is 6.03 Å². The van der Waals surface area contributed by atoms with Crippen molar-refractivity contribution in [1.29, 1.82) is 0 Å². The first-order valence-corrected chi connectivity index (χ1v) is 6.01. The molecular formula is C11H22N4O2. The van der Waals surface area contributed by atoms with Crippen LogP contribution >= 0.6 is 0 Å². The smallest absolute Gasteiger partial charge is 0.318 e. The van der Waals surface area contributed by atoms with E-state index in [4.69, 9.17) is 11.5 Å². The second-order valence-electron chi connectivity index (χ2n) is 4.71. The number of amides is 3. The van der Waals surface area contributed by atoms with Crippen LogP contribution in [-0.4, -0.2) is 42.0 Å². The molecule has 0 heterocycles. The summed E-state index contributed by atoms with van der Waals surface area (Å²) in [7, 11) is 1.86. The molecule has 0 aliphatic heterocycles. The molecule has 3 atom stereocenters. The Hall–Kier alpha value is -1.14. The molecule has 0 aromatic carbocycles. The maximum atomic E-state index is 11.6. The van der Waals surface area contributed by atoms with Crippen molar-refractivity contribution in [2.24, 2.45) is 11.5 Å². The number of hydrogen-bond acceptors (Lipinski definition) is 4. The van der Waals surface area contributed by atoms with Crippen LogP contribution in [0.2, 0.25) is 0 Å². The van der Waals surface area contributed by atoms with E-state index in [9.17, 15) is 9.59 Å². The molecule has 1 fully saturated rings. The van der Waals surface area contributed by atoms with E-state index in [-0.39, 0.29) is 18.0 Å². The van der Waals surface area contributed by atoms with Gasteiger partial charge in [0.25, 0.3) is 0 Å². The van der Waals surface area contributed by atoms with E-state index in [1.54, 1.807) is 6.92 Å². The van der Waals surface area contributed by atoms with Gasteiger partial charge in [-0.15, -0.1) is 0 Å². The molecule has 0 bridgehead atoms. The number of urea groups is 1. The highest BCUT2D eigenvalue weighted by molar-refractivity contribution is 5.96. The van der Waals surface area contributed by atoms with E-state index in [1.807, 2.05) is 11.9 Å². The molecule has 3 unspecified atom stereocenters. The van der Waals surface area contributed by atoms with Crippen LogP contribution in [0.4, 0.5) is 4.79 Å². The van der Waals surface area contributed by atoms with Gasteiger partial charge in [0, 0.05) is 12.1 Å². The first-order valence-electron chi connectivity index (χ1n) is 6.01. The summed E-state index contributed by atoms with van der Waals surface area (Å²) in [6, 6.07) is -0.935. The number of nitrogens with two attached hydrogens (primary N) is 2. The quantitative estimate of drug-likeness (QED) is 0.636. The average molecular weight is 242 g/mol. The molecule has 17 heavy (non-hydrogen) atoms. The molecule has 1 aliphatic carbocycles. The van der Waals surface area contributed by atoms with Crippen molar-refractivity contribution in [3.63, 3.8) is 0 Å². The maximum absolute atomic E-state index is 11.6. The standard InChI is InChI=1S/C11H22N4O2/c1-7(10(16)14-11(13)17)15(2)9-6-4-3-5-8(9)12/h7-9H,3-6,12H2,1-2H3,(H3,13,14,16,17). The van der Waals surface area contributed by atoms with Gasteiger partial charge < -0.3 is 11.5 Å². The number of hydrogen-bond donors (Lipinski definition) is 3. The van der Waals surface area contributed by atoms with Crippen molar-refractivity contribution in [2.75, 3.05) is 7.05 Å². The summed E-state index contributed by atoms with van der Waals surface area (Å²) in [4.78, 5) is 24.2. The van der Waals surface area contributed by atoms with Crippen molar-refractivity contribution in [1.82, 2.24) is 10.2 Å². The number of nitrogens with one attached hydrogen (secondary N) is 1. The van der Waals surface area contributed by atoms with Gasteiger partial charge in [-0.3, -0.25) is 15.0 Å². The molecule has 0 spiro atoms. The van der Waals surface area contributed by atoms with Crippen LogP contribution in [0.3, 0.4) is 0 Å².